The number of nitrogens with zero attached hydrogens (tertiary/aromatic N) is 2. The number of aryl methyl sites for hydroxylation is 1. The van der Waals surface area contributed by atoms with Crippen molar-refractivity contribution in [3.8, 4) is 0 Å². The highest BCUT2D eigenvalue weighted by molar-refractivity contribution is 6.31. The van der Waals surface area contributed by atoms with Crippen LogP contribution in [0, 0.1) is 5.92 Å². The van der Waals surface area contributed by atoms with Crippen LogP contribution in [0.15, 0.2) is 6.20 Å². The van der Waals surface area contributed by atoms with Crippen LogP contribution in [-0.4, -0.2) is 9.78 Å². The third-order valence-corrected chi connectivity index (χ3v) is 4.22. The van der Waals surface area contributed by atoms with Gasteiger partial charge in [0.2, 0.25) is 0 Å². The second kappa shape index (κ2) is 6.58. The predicted octanol–water partition coefficient (Wildman–Crippen LogP) is 3.92. The molecule has 0 saturated heterocycles. The SMILES string of the molecule is CCCn1ncc(Cl)c1C(N)CC1CCCCC1. The van der Waals surface area contributed by atoms with Gasteiger partial charge >= 0.3 is 0 Å². The summed E-state index contributed by atoms with van der Waals surface area (Å²) in [6.45, 7) is 3.05. The van der Waals surface area contributed by atoms with Crippen molar-refractivity contribution in [3.05, 3.63) is 16.9 Å². The lowest BCUT2D eigenvalue weighted by Gasteiger charge is -2.25. The molecule has 0 aromatic carbocycles. The third kappa shape index (κ3) is 3.27. The van der Waals surface area contributed by atoms with Crippen LogP contribution in [0.3, 0.4) is 0 Å². The maximum absolute atomic E-state index is 6.36. The van der Waals surface area contributed by atoms with Crippen molar-refractivity contribution in [1.29, 1.82) is 0 Å². The van der Waals surface area contributed by atoms with Gasteiger partial charge in [0.1, 0.15) is 0 Å². The first kappa shape index (κ1) is 13.9. The topological polar surface area (TPSA) is 43.8 Å². The number of aromatic nitrogens is 2. The van der Waals surface area contributed by atoms with Gasteiger partial charge in [-0.25, -0.2) is 0 Å². The Bertz CT molecular complexity index is 369. The predicted molar refractivity (Wildman–Crippen MR) is 75.6 cm³/mol. The summed E-state index contributed by atoms with van der Waals surface area (Å²) in [6, 6.07) is 0.0367. The minimum atomic E-state index is 0.0367. The van der Waals surface area contributed by atoms with E-state index in [1.807, 2.05) is 4.68 Å². The Morgan fingerprint density at radius 1 is 1.44 bits per heavy atom. The van der Waals surface area contributed by atoms with Gasteiger partial charge in [-0.05, 0) is 18.8 Å². The Labute approximate surface area is 115 Å². The van der Waals surface area contributed by atoms with Gasteiger partial charge in [0.05, 0.1) is 16.9 Å². The van der Waals surface area contributed by atoms with Crippen LogP contribution in [0.4, 0.5) is 0 Å². The highest BCUT2D eigenvalue weighted by Crippen LogP contribution is 2.32. The van der Waals surface area contributed by atoms with Gasteiger partial charge in [0.25, 0.3) is 0 Å². The van der Waals surface area contributed by atoms with Crippen molar-refractivity contribution in [2.24, 2.45) is 11.7 Å². The molecule has 18 heavy (non-hydrogen) atoms. The molecule has 0 radical (unpaired) electrons. The van der Waals surface area contributed by atoms with Crippen LogP contribution in [0.25, 0.3) is 0 Å². The zero-order valence-corrected chi connectivity index (χ0v) is 12.0. The summed E-state index contributed by atoms with van der Waals surface area (Å²) in [5, 5.41) is 5.05. The maximum Gasteiger partial charge on any atom is 0.0834 e. The van der Waals surface area contributed by atoms with Crippen LogP contribution < -0.4 is 5.73 Å². The van der Waals surface area contributed by atoms with E-state index >= 15 is 0 Å². The van der Waals surface area contributed by atoms with Gasteiger partial charge in [-0.3, -0.25) is 4.68 Å². The monoisotopic (exact) mass is 269 g/mol. The molecule has 2 rings (SSSR count). The fourth-order valence-electron chi connectivity index (χ4n) is 3.02. The highest BCUT2D eigenvalue weighted by Gasteiger charge is 2.22. The molecule has 1 unspecified atom stereocenters. The Kier molecular flexibility index (Phi) is 5.07. The summed E-state index contributed by atoms with van der Waals surface area (Å²) in [6.07, 6.45) is 10.6. The van der Waals surface area contributed by atoms with Crippen molar-refractivity contribution >= 4 is 11.6 Å². The van der Waals surface area contributed by atoms with Gasteiger partial charge < -0.3 is 5.73 Å². The molecule has 1 aliphatic rings. The first-order chi connectivity index (χ1) is 8.72. The Hall–Kier alpha value is -0.540. The molecule has 0 spiro atoms. The summed E-state index contributed by atoms with van der Waals surface area (Å²) >= 11 is 6.23. The largest absolute Gasteiger partial charge is 0.323 e. The quantitative estimate of drug-likeness (QED) is 0.881. The fraction of sp³-hybridized carbons (Fsp3) is 0.786. The van der Waals surface area contributed by atoms with E-state index in [4.69, 9.17) is 17.3 Å². The van der Waals surface area contributed by atoms with Gasteiger partial charge in [0.15, 0.2) is 0 Å². The average Bonchev–Trinajstić information content (AvgIpc) is 2.72. The molecular weight excluding hydrogens is 246 g/mol. The smallest absolute Gasteiger partial charge is 0.0834 e. The molecular formula is C14H24ClN3. The van der Waals surface area contributed by atoms with Crippen LogP contribution in [0.2, 0.25) is 5.02 Å². The lowest BCUT2D eigenvalue weighted by atomic mass is 9.84. The number of nitrogens with two attached hydrogens (primary N) is 1. The Morgan fingerprint density at radius 3 is 2.83 bits per heavy atom. The molecule has 1 saturated carbocycles. The van der Waals surface area contributed by atoms with E-state index in [1.165, 1.54) is 32.1 Å². The molecule has 0 amide bonds. The van der Waals surface area contributed by atoms with Crippen LogP contribution in [0.5, 0.6) is 0 Å². The van der Waals surface area contributed by atoms with E-state index in [-0.39, 0.29) is 6.04 Å². The van der Waals surface area contributed by atoms with E-state index in [2.05, 4.69) is 12.0 Å². The van der Waals surface area contributed by atoms with Crippen molar-refractivity contribution in [2.75, 3.05) is 0 Å². The molecule has 1 aromatic heterocycles. The lowest BCUT2D eigenvalue weighted by molar-refractivity contribution is 0.314. The summed E-state index contributed by atoms with van der Waals surface area (Å²) in [4.78, 5) is 0. The minimum absolute atomic E-state index is 0.0367. The molecule has 1 fully saturated rings. The molecule has 0 bridgehead atoms. The molecule has 3 nitrogen and oxygen atoms in total. The van der Waals surface area contributed by atoms with Crippen LogP contribution in [-0.2, 0) is 6.54 Å². The zero-order chi connectivity index (χ0) is 13.0. The maximum atomic E-state index is 6.36. The van der Waals surface area contributed by atoms with Crippen molar-refractivity contribution < 1.29 is 0 Å². The Balaban J connectivity index is 2.02. The average molecular weight is 270 g/mol. The molecule has 1 heterocycles. The second-order valence-electron chi connectivity index (χ2n) is 5.45. The summed E-state index contributed by atoms with van der Waals surface area (Å²) < 4.78 is 1.98. The van der Waals surface area contributed by atoms with E-state index in [0.29, 0.717) is 0 Å². The fourth-order valence-corrected chi connectivity index (χ4v) is 3.31. The molecule has 1 atom stereocenters. The van der Waals surface area contributed by atoms with E-state index in [9.17, 15) is 0 Å². The normalized spacial score (nSPS) is 19.1. The van der Waals surface area contributed by atoms with Gasteiger partial charge in [-0.2, -0.15) is 5.10 Å². The number of halogens is 1. The van der Waals surface area contributed by atoms with Gasteiger partial charge in [0, 0.05) is 12.6 Å². The molecule has 0 aliphatic heterocycles. The number of hydrogen-bond acceptors (Lipinski definition) is 2. The first-order valence-corrected chi connectivity index (χ1v) is 7.57. The second-order valence-corrected chi connectivity index (χ2v) is 5.85. The van der Waals surface area contributed by atoms with Crippen molar-refractivity contribution in [3.63, 3.8) is 0 Å². The molecule has 102 valence electrons. The van der Waals surface area contributed by atoms with E-state index in [0.717, 1.165) is 36.0 Å². The van der Waals surface area contributed by atoms with E-state index < -0.39 is 0 Å². The highest BCUT2D eigenvalue weighted by atomic mass is 35.5. The van der Waals surface area contributed by atoms with E-state index in [1.54, 1.807) is 6.20 Å². The summed E-state index contributed by atoms with van der Waals surface area (Å²) in [5.74, 6) is 0.773. The molecule has 1 aromatic rings. The molecule has 1 aliphatic carbocycles. The Morgan fingerprint density at radius 2 is 2.17 bits per heavy atom. The van der Waals surface area contributed by atoms with Gasteiger partial charge in [-0.1, -0.05) is 50.6 Å². The minimum Gasteiger partial charge on any atom is -0.323 e. The number of hydrogen-bond donors (Lipinski definition) is 1. The summed E-state index contributed by atoms with van der Waals surface area (Å²) in [5.41, 5.74) is 7.39. The van der Waals surface area contributed by atoms with Crippen LogP contribution in [0.1, 0.15) is 63.6 Å². The number of rotatable bonds is 5. The summed E-state index contributed by atoms with van der Waals surface area (Å²) in [7, 11) is 0. The molecule has 2 N–H and O–H groups in total. The standard InChI is InChI=1S/C14H24ClN3/c1-2-8-18-14(12(15)10-17-18)13(16)9-11-6-4-3-5-7-11/h10-11,13H,2-9,16H2,1H3. The third-order valence-electron chi connectivity index (χ3n) is 3.93. The first-order valence-electron chi connectivity index (χ1n) is 7.19. The zero-order valence-electron chi connectivity index (χ0n) is 11.2. The lowest BCUT2D eigenvalue weighted by Crippen LogP contribution is -2.21. The van der Waals surface area contributed by atoms with Crippen molar-refractivity contribution in [1.82, 2.24) is 9.78 Å². The molecule has 4 heteroatoms. The van der Waals surface area contributed by atoms with Gasteiger partial charge in [-0.15, -0.1) is 0 Å². The van der Waals surface area contributed by atoms with Crippen LogP contribution >= 0.6 is 11.6 Å². The van der Waals surface area contributed by atoms with Crippen molar-refractivity contribution in [2.45, 2.75) is 64.5 Å².